The molecule has 0 spiro atoms. The zero-order valence-corrected chi connectivity index (χ0v) is 32.3. The maximum Gasteiger partial charge on any atom is 0.328 e. The van der Waals surface area contributed by atoms with Gasteiger partial charge in [-0.3, -0.25) is 0 Å². The van der Waals surface area contributed by atoms with Crippen LogP contribution >= 0.6 is 0 Å². The Morgan fingerprint density at radius 2 is 1.61 bits per heavy atom. The highest BCUT2D eigenvalue weighted by Crippen LogP contribution is 2.53. The van der Waals surface area contributed by atoms with Crippen molar-refractivity contribution in [1.82, 2.24) is 0 Å². The first kappa shape index (κ1) is 33.9. The standard InChI is InChI=1S/C48H55BN2/c1-9-18-34-27-28-35(31-40(34)47(4,5)36-20-11-10-12-21-36)37-29-32(2)30-44-45(37)49(50(8)42-25-15-13-19-33(42)3)41-24-17-23-39-46(41)51(44)43-26-16-14-22-38(43)48(39,6)7/h13-17,19-20,22-26,29-31H,9-12,18,21,27-28H2,1-8H3. The Morgan fingerprint density at radius 3 is 2.37 bits per heavy atom. The van der Waals surface area contributed by atoms with Gasteiger partial charge in [-0.05, 0) is 134 Å². The largest absolute Gasteiger partial charge is 0.409 e. The number of hydrogen-bond donors (Lipinski definition) is 0. The molecule has 260 valence electrons. The lowest BCUT2D eigenvalue weighted by Crippen LogP contribution is -2.62. The van der Waals surface area contributed by atoms with E-state index in [1.165, 1.54) is 106 Å². The van der Waals surface area contributed by atoms with E-state index in [0.29, 0.717) is 0 Å². The molecular formula is C48H55BN2. The summed E-state index contributed by atoms with van der Waals surface area (Å²) in [5.74, 6) is 0. The van der Waals surface area contributed by atoms with Gasteiger partial charge in [0.25, 0.3) is 0 Å². The van der Waals surface area contributed by atoms with Crippen LogP contribution in [-0.2, 0) is 5.41 Å². The Hall–Kier alpha value is -4.24. The third kappa shape index (κ3) is 5.37. The first-order valence-corrected chi connectivity index (χ1v) is 19.6. The molecule has 0 atom stereocenters. The molecule has 4 aliphatic rings. The third-order valence-electron chi connectivity index (χ3n) is 12.8. The maximum atomic E-state index is 2.67. The monoisotopic (exact) mass is 670 g/mol. The molecule has 0 radical (unpaired) electrons. The summed E-state index contributed by atoms with van der Waals surface area (Å²) >= 11 is 0. The van der Waals surface area contributed by atoms with Crippen molar-refractivity contribution in [1.29, 1.82) is 0 Å². The first-order valence-electron chi connectivity index (χ1n) is 19.6. The smallest absolute Gasteiger partial charge is 0.328 e. The molecule has 0 saturated heterocycles. The molecule has 0 saturated carbocycles. The predicted molar refractivity (Wildman–Crippen MR) is 222 cm³/mol. The van der Waals surface area contributed by atoms with Crippen molar-refractivity contribution in [2.75, 3.05) is 16.8 Å². The quantitative estimate of drug-likeness (QED) is 0.143. The molecule has 2 aliphatic heterocycles. The SMILES string of the molecule is CCCC1=C(C(C)(C)C2=CCCCC2)C=C(c2cc(C)cc3c2B(N(C)c2ccccc2C)c2cccc4c2N3c2ccccc2C4(C)C)CC1. The van der Waals surface area contributed by atoms with E-state index in [9.17, 15) is 0 Å². The summed E-state index contributed by atoms with van der Waals surface area (Å²) in [7, 11) is 2.33. The van der Waals surface area contributed by atoms with Crippen molar-refractivity contribution in [3.63, 3.8) is 0 Å². The Labute approximate surface area is 308 Å². The number of fused-ring (bicyclic) bond motifs is 4. The molecule has 8 rings (SSSR count). The highest BCUT2D eigenvalue weighted by molar-refractivity contribution is 6.91. The molecule has 4 aromatic rings. The molecule has 0 N–H and O–H groups in total. The third-order valence-corrected chi connectivity index (χ3v) is 12.8. The van der Waals surface area contributed by atoms with Gasteiger partial charge in [0.05, 0.1) is 5.69 Å². The molecule has 0 fully saturated rings. The lowest BCUT2D eigenvalue weighted by molar-refractivity contribution is 0.487. The minimum atomic E-state index is -0.116. The van der Waals surface area contributed by atoms with Crippen LogP contribution in [0.3, 0.4) is 0 Å². The second-order valence-electron chi connectivity index (χ2n) is 16.8. The van der Waals surface area contributed by atoms with E-state index in [1.807, 2.05) is 0 Å². The summed E-state index contributed by atoms with van der Waals surface area (Å²) in [4.78, 5) is 5.21. The van der Waals surface area contributed by atoms with Crippen molar-refractivity contribution >= 4 is 46.1 Å². The average Bonchev–Trinajstić information content (AvgIpc) is 3.13. The van der Waals surface area contributed by atoms with Gasteiger partial charge in [-0.1, -0.05) is 125 Å². The number of nitrogens with zero attached hydrogens (tertiary/aromatic N) is 2. The van der Waals surface area contributed by atoms with E-state index in [-0.39, 0.29) is 17.7 Å². The molecule has 51 heavy (non-hydrogen) atoms. The van der Waals surface area contributed by atoms with E-state index >= 15 is 0 Å². The molecule has 2 nitrogen and oxygen atoms in total. The number of para-hydroxylation sites is 3. The minimum absolute atomic E-state index is 0.0384. The van der Waals surface area contributed by atoms with Crippen LogP contribution in [0.4, 0.5) is 22.7 Å². The fraction of sp³-hybridized carbons (Fsp3) is 0.375. The van der Waals surface area contributed by atoms with Gasteiger partial charge in [0.1, 0.15) is 0 Å². The van der Waals surface area contributed by atoms with E-state index in [1.54, 1.807) is 16.7 Å². The second kappa shape index (κ2) is 12.8. The van der Waals surface area contributed by atoms with Crippen LogP contribution in [0.15, 0.2) is 108 Å². The Bertz CT molecular complexity index is 2120. The van der Waals surface area contributed by atoms with Gasteiger partial charge in [-0.2, -0.15) is 0 Å². The topological polar surface area (TPSA) is 6.48 Å². The zero-order valence-electron chi connectivity index (χ0n) is 32.3. The van der Waals surface area contributed by atoms with Crippen LogP contribution in [0, 0.1) is 19.3 Å². The second-order valence-corrected chi connectivity index (χ2v) is 16.8. The average molecular weight is 671 g/mol. The fourth-order valence-electron chi connectivity index (χ4n) is 10.2. The Balaban J connectivity index is 1.42. The van der Waals surface area contributed by atoms with Crippen LogP contribution in [0.1, 0.15) is 114 Å². The Kier molecular flexibility index (Phi) is 8.48. The van der Waals surface area contributed by atoms with Gasteiger partial charge in [-0.15, -0.1) is 0 Å². The van der Waals surface area contributed by atoms with Crippen molar-refractivity contribution in [2.24, 2.45) is 5.41 Å². The number of hydrogen-bond acceptors (Lipinski definition) is 2. The molecule has 4 aromatic carbocycles. The molecular weight excluding hydrogens is 615 g/mol. The van der Waals surface area contributed by atoms with Crippen LogP contribution in [0.25, 0.3) is 5.57 Å². The van der Waals surface area contributed by atoms with Gasteiger partial charge in [0.2, 0.25) is 0 Å². The van der Waals surface area contributed by atoms with E-state index in [4.69, 9.17) is 0 Å². The highest BCUT2D eigenvalue weighted by Gasteiger charge is 2.47. The molecule has 3 heteroatoms. The predicted octanol–water partition coefficient (Wildman–Crippen LogP) is 11.8. The first-order chi connectivity index (χ1) is 24.5. The van der Waals surface area contributed by atoms with Crippen molar-refractivity contribution in [2.45, 2.75) is 105 Å². The summed E-state index contributed by atoms with van der Waals surface area (Å²) in [5.41, 5.74) is 21.3. The lowest BCUT2D eigenvalue weighted by atomic mass is 9.44. The molecule has 2 aliphatic carbocycles. The maximum absolute atomic E-state index is 2.67. The van der Waals surface area contributed by atoms with Gasteiger partial charge in [0.15, 0.2) is 0 Å². The number of benzene rings is 4. The summed E-state index contributed by atoms with van der Waals surface area (Å²) in [6.07, 6.45) is 15.0. The summed E-state index contributed by atoms with van der Waals surface area (Å²) in [5, 5.41) is 0. The fourth-order valence-corrected chi connectivity index (χ4v) is 10.2. The molecule has 0 amide bonds. The minimum Gasteiger partial charge on any atom is -0.409 e. The van der Waals surface area contributed by atoms with Gasteiger partial charge >= 0.3 is 6.85 Å². The Morgan fingerprint density at radius 1 is 0.843 bits per heavy atom. The molecule has 0 aromatic heterocycles. The van der Waals surface area contributed by atoms with Crippen LogP contribution in [0.2, 0.25) is 0 Å². The molecule has 2 heterocycles. The van der Waals surface area contributed by atoms with Gasteiger partial charge in [-0.25, -0.2) is 0 Å². The summed E-state index contributed by atoms with van der Waals surface area (Å²) in [6.45, 7) is 16.8. The normalized spacial score (nSPS) is 17.7. The number of allylic oxidation sites excluding steroid dienone is 6. The van der Waals surface area contributed by atoms with Crippen LogP contribution in [0.5, 0.6) is 0 Å². The number of aryl methyl sites for hydroxylation is 2. The van der Waals surface area contributed by atoms with E-state index in [2.05, 4.69) is 156 Å². The van der Waals surface area contributed by atoms with E-state index in [0.717, 1.165) is 12.8 Å². The molecule has 0 bridgehead atoms. The highest BCUT2D eigenvalue weighted by atomic mass is 15.2. The van der Waals surface area contributed by atoms with Crippen LogP contribution < -0.4 is 20.6 Å². The summed E-state index contributed by atoms with van der Waals surface area (Å²) in [6, 6.07) is 30.2. The van der Waals surface area contributed by atoms with E-state index < -0.39 is 0 Å². The van der Waals surface area contributed by atoms with Gasteiger partial charge in [0, 0.05) is 27.9 Å². The number of anilines is 4. The lowest BCUT2D eigenvalue weighted by Gasteiger charge is -2.48. The molecule has 0 unspecified atom stereocenters. The van der Waals surface area contributed by atoms with Crippen molar-refractivity contribution < 1.29 is 0 Å². The summed E-state index contributed by atoms with van der Waals surface area (Å²) < 4.78 is 0. The van der Waals surface area contributed by atoms with Gasteiger partial charge < -0.3 is 9.71 Å². The van der Waals surface area contributed by atoms with Crippen molar-refractivity contribution in [3.8, 4) is 0 Å². The van der Waals surface area contributed by atoms with Crippen molar-refractivity contribution in [3.05, 3.63) is 136 Å². The zero-order chi connectivity index (χ0) is 35.7. The number of rotatable bonds is 7. The van der Waals surface area contributed by atoms with Crippen LogP contribution in [-0.4, -0.2) is 13.9 Å².